The van der Waals surface area contributed by atoms with Crippen molar-refractivity contribution in [2.24, 2.45) is 0 Å². The van der Waals surface area contributed by atoms with Gasteiger partial charge in [-0.15, -0.1) is 12.4 Å². The number of rotatable bonds is 9. The van der Waals surface area contributed by atoms with E-state index in [-0.39, 0.29) is 17.8 Å². The molecule has 166 valence electrons. The van der Waals surface area contributed by atoms with E-state index in [9.17, 15) is 4.79 Å². The number of piperidine rings is 1. The van der Waals surface area contributed by atoms with E-state index in [1.165, 1.54) is 57.6 Å². The van der Waals surface area contributed by atoms with Gasteiger partial charge in [0.15, 0.2) is 5.43 Å². The molecule has 2 aromatic heterocycles. The van der Waals surface area contributed by atoms with Gasteiger partial charge in [-0.25, -0.2) is 0 Å². The number of benzene rings is 1. The van der Waals surface area contributed by atoms with Crippen LogP contribution >= 0.6 is 12.4 Å². The first kappa shape index (κ1) is 23.3. The lowest BCUT2D eigenvalue weighted by atomic mass is 9.99. The number of hydrogen-bond donors (Lipinski definition) is 1. The Morgan fingerprint density at radius 1 is 1.10 bits per heavy atom. The molecule has 3 aromatic rings. The van der Waals surface area contributed by atoms with Gasteiger partial charge in [0.05, 0.1) is 12.0 Å². The fraction of sp³-hybridized carbons (Fsp3) is 0.440. The van der Waals surface area contributed by atoms with Gasteiger partial charge in [-0.05, 0) is 62.6 Å². The molecular formula is C25H31ClN2O3. The van der Waals surface area contributed by atoms with Crippen LogP contribution in [0.3, 0.4) is 0 Å². The van der Waals surface area contributed by atoms with Gasteiger partial charge in [0.25, 0.3) is 0 Å². The zero-order chi connectivity index (χ0) is 20.6. The van der Waals surface area contributed by atoms with Crippen LogP contribution in [0.4, 0.5) is 0 Å². The molecule has 0 spiro atoms. The molecule has 4 rings (SSSR count). The van der Waals surface area contributed by atoms with Crippen LogP contribution in [0.5, 0.6) is 5.75 Å². The molecule has 1 N–H and O–H groups in total. The second-order valence-electron chi connectivity index (χ2n) is 8.07. The number of unbranched alkanes of at least 4 members (excludes halogenated alkanes) is 3. The van der Waals surface area contributed by atoms with Gasteiger partial charge in [-0.3, -0.25) is 9.78 Å². The number of fused-ring (bicyclic) bond motifs is 1. The molecule has 31 heavy (non-hydrogen) atoms. The molecule has 6 heteroatoms. The second kappa shape index (κ2) is 11.9. The number of nitrogens with zero attached hydrogens (tertiary/aromatic N) is 1. The molecule has 0 radical (unpaired) electrons. The van der Waals surface area contributed by atoms with E-state index in [1.807, 2.05) is 24.3 Å². The van der Waals surface area contributed by atoms with Crippen LogP contribution in [0.15, 0.2) is 58.0 Å². The average Bonchev–Trinajstić information content (AvgIpc) is 2.80. The SMILES string of the molecule is Cl.O=c1cc(-c2cccnc2)oc2ccc(OCCCCCCC3CCCCN3)cc12. The van der Waals surface area contributed by atoms with Crippen LogP contribution in [-0.2, 0) is 0 Å². The molecule has 1 aromatic carbocycles. The van der Waals surface area contributed by atoms with Crippen molar-refractivity contribution in [3.63, 3.8) is 0 Å². The Bertz CT molecular complexity index is 1000. The maximum Gasteiger partial charge on any atom is 0.193 e. The van der Waals surface area contributed by atoms with Crippen molar-refractivity contribution in [1.82, 2.24) is 10.3 Å². The Hall–Kier alpha value is -2.37. The van der Waals surface area contributed by atoms with Crippen molar-refractivity contribution in [2.45, 2.75) is 57.4 Å². The van der Waals surface area contributed by atoms with Gasteiger partial charge in [0, 0.05) is 30.1 Å². The zero-order valence-corrected chi connectivity index (χ0v) is 18.7. The summed E-state index contributed by atoms with van der Waals surface area (Å²) in [6.07, 6.45) is 13.5. The maximum atomic E-state index is 12.6. The Morgan fingerprint density at radius 2 is 2.00 bits per heavy atom. The minimum atomic E-state index is -0.0723. The Morgan fingerprint density at radius 3 is 2.81 bits per heavy atom. The monoisotopic (exact) mass is 442 g/mol. The smallest absolute Gasteiger partial charge is 0.193 e. The average molecular weight is 443 g/mol. The summed E-state index contributed by atoms with van der Waals surface area (Å²) in [4.78, 5) is 16.6. The highest BCUT2D eigenvalue weighted by atomic mass is 35.5. The number of aromatic nitrogens is 1. The third-order valence-electron chi connectivity index (χ3n) is 5.77. The first-order chi connectivity index (χ1) is 14.8. The lowest BCUT2D eigenvalue weighted by Gasteiger charge is -2.23. The maximum absolute atomic E-state index is 12.6. The van der Waals surface area contributed by atoms with Crippen molar-refractivity contribution < 1.29 is 9.15 Å². The minimum absolute atomic E-state index is 0. The quantitative estimate of drug-likeness (QED) is 0.427. The molecule has 1 atom stereocenters. The van der Waals surface area contributed by atoms with E-state index in [0.717, 1.165) is 23.8 Å². The van der Waals surface area contributed by atoms with Crippen molar-refractivity contribution >= 4 is 23.4 Å². The third-order valence-corrected chi connectivity index (χ3v) is 5.77. The first-order valence-electron chi connectivity index (χ1n) is 11.1. The zero-order valence-electron chi connectivity index (χ0n) is 17.8. The minimum Gasteiger partial charge on any atom is -0.494 e. The van der Waals surface area contributed by atoms with E-state index < -0.39 is 0 Å². The summed E-state index contributed by atoms with van der Waals surface area (Å²) in [7, 11) is 0. The molecule has 0 aliphatic carbocycles. The largest absolute Gasteiger partial charge is 0.494 e. The van der Waals surface area contributed by atoms with Gasteiger partial charge >= 0.3 is 0 Å². The molecule has 0 saturated carbocycles. The summed E-state index contributed by atoms with van der Waals surface area (Å²) in [5, 5.41) is 4.16. The topological polar surface area (TPSA) is 64.4 Å². The van der Waals surface area contributed by atoms with Gasteiger partial charge in [0.2, 0.25) is 0 Å². The highest BCUT2D eigenvalue weighted by molar-refractivity contribution is 5.85. The van der Waals surface area contributed by atoms with Crippen LogP contribution in [0.1, 0.15) is 51.4 Å². The van der Waals surface area contributed by atoms with E-state index in [1.54, 1.807) is 18.5 Å². The summed E-state index contributed by atoms with van der Waals surface area (Å²) in [6, 6.07) is 11.4. The second-order valence-corrected chi connectivity index (χ2v) is 8.07. The molecule has 0 amide bonds. The van der Waals surface area contributed by atoms with Crippen LogP contribution in [-0.4, -0.2) is 24.2 Å². The fourth-order valence-electron chi connectivity index (χ4n) is 4.08. The molecular weight excluding hydrogens is 412 g/mol. The Labute approximate surface area is 189 Å². The summed E-state index contributed by atoms with van der Waals surface area (Å²) >= 11 is 0. The predicted molar refractivity (Wildman–Crippen MR) is 127 cm³/mol. The predicted octanol–water partition coefficient (Wildman–Crippen LogP) is 5.75. The van der Waals surface area contributed by atoms with Gasteiger partial charge in [0.1, 0.15) is 17.1 Å². The van der Waals surface area contributed by atoms with Crippen LogP contribution in [0, 0.1) is 0 Å². The third kappa shape index (κ3) is 6.55. The van der Waals surface area contributed by atoms with Crippen LogP contribution in [0.25, 0.3) is 22.3 Å². The molecule has 3 heterocycles. The van der Waals surface area contributed by atoms with E-state index in [4.69, 9.17) is 9.15 Å². The molecule has 1 saturated heterocycles. The Kier molecular flexibility index (Phi) is 8.92. The molecule has 5 nitrogen and oxygen atoms in total. The summed E-state index contributed by atoms with van der Waals surface area (Å²) in [5.41, 5.74) is 1.28. The van der Waals surface area contributed by atoms with Crippen molar-refractivity contribution in [3.8, 4) is 17.1 Å². The molecule has 1 aliphatic rings. The summed E-state index contributed by atoms with van der Waals surface area (Å²) in [5.74, 6) is 1.24. The first-order valence-corrected chi connectivity index (χ1v) is 11.1. The van der Waals surface area contributed by atoms with Gasteiger partial charge < -0.3 is 14.5 Å². The van der Waals surface area contributed by atoms with E-state index in [0.29, 0.717) is 23.3 Å². The van der Waals surface area contributed by atoms with Crippen LogP contribution < -0.4 is 15.5 Å². The van der Waals surface area contributed by atoms with Crippen molar-refractivity contribution in [2.75, 3.05) is 13.2 Å². The highest BCUT2D eigenvalue weighted by Crippen LogP contribution is 2.24. The van der Waals surface area contributed by atoms with E-state index >= 15 is 0 Å². The molecule has 1 aliphatic heterocycles. The lowest BCUT2D eigenvalue weighted by Crippen LogP contribution is -2.33. The highest BCUT2D eigenvalue weighted by Gasteiger charge is 2.11. The number of ether oxygens (including phenoxy) is 1. The number of pyridine rings is 1. The number of hydrogen-bond acceptors (Lipinski definition) is 5. The van der Waals surface area contributed by atoms with E-state index in [2.05, 4.69) is 10.3 Å². The molecule has 1 unspecified atom stereocenters. The normalized spacial score (nSPS) is 16.1. The standard InChI is InChI=1S/C25H30N2O3.ClH/c28-23-17-25(19-8-7-13-26-18-19)30-24-12-11-21(16-22(23)24)29-15-6-2-1-3-9-20-10-4-5-14-27-20;/h7-8,11-13,16-18,20,27H,1-6,9-10,14-15H2;1H. The van der Waals surface area contributed by atoms with Gasteiger partial charge in [-0.1, -0.05) is 25.7 Å². The molecule has 1 fully saturated rings. The fourth-order valence-corrected chi connectivity index (χ4v) is 4.08. The van der Waals surface area contributed by atoms with Crippen molar-refractivity contribution in [3.05, 3.63) is 59.0 Å². The van der Waals surface area contributed by atoms with Crippen molar-refractivity contribution in [1.29, 1.82) is 0 Å². The Balaban J connectivity index is 0.00000272. The number of halogens is 1. The lowest BCUT2D eigenvalue weighted by molar-refractivity contribution is 0.302. The summed E-state index contributed by atoms with van der Waals surface area (Å²) in [6.45, 7) is 1.86. The molecule has 0 bridgehead atoms. The number of nitrogens with one attached hydrogen (secondary N) is 1. The van der Waals surface area contributed by atoms with Crippen LogP contribution in [0.2, 0.25) is 0 Å². The summed E-state index contributed by atoms with van der Waals surface area (Å²) < 4.78 is 11.8. The van der Waals surface area contributed by atoms with Gasteiger partial charge in [-0.2, -0.15) is 0 Å².